The van der Waals surface area contributed by atoms with Gasteiger partial charge in [-0.2, -0.15) is 0 Å². The molecule has 1 saturated heterocycles. The van der Waals surface area contributed by atoms with Crippen LogP contribution in [-0.4, -0.2) is 20.6 Å². The highest BCUT2D eigenvalue weighted by atomic mass is 35.5. The van der Waals surface area contributed by atoms with Gasteiger partial charge in [0.05, 0.1) is 11.4 Å². The lowest BCUT2D eigenvalue weighted by Gasteiger charge is -2.13. The lowest BCUT2D eigenvalue weighted by Crippen LogP contribution is -2.27. The summed E-state index contributed by atoms with van der Waals surface area (Å²) in [5, 5.41) is 1.42. The number of nitrogens with zero attached hydrogens (tertiary/aromatic N) is 2. The molecule has 1 aliphatic rings. The van der Waals surface area contributed by atoms with Gasteiger partial charge >= 0.3 is 0 Å². The summed E-state index contributed by atoms with van der Waals surface area (Å²) < 4.78 is 15.4. The van der Waals surface area contributed by atoms with Crippen molar-refractivity contribution < 1.29 is 14.0 Å². The quantitative estimate of drug-likeness (QED) is 0.263. The van der Waals surface area contributed by atoms with Crippen molar-refractivity contribution in [2.75, 3.05) is 0 Å². The summed E-state index contributed by atoms with van der Waals surface area (Å²) in [6.45, 7) is 0.550. The van der Waals surface area contributed by atoms with Gasteiger partial charge < -0.3 is 4.57 Å². The average molecular weight is 511 g/mol. The highest BCUT2D eigenvalue weighted by Crippen LogP contribution is 2.36. The average Bonchev–Trinajstić information content (AvgIpc) is 3.29. The van der Waals surface area contributed by atoms with Crippen molar-refractivity contribution in [2.45, 2.75) is 13.1 Å². The van der Waals surface area contributed by atoms with Crippen LogP contribution in [0.25, 0.3) is 17.0 Å². The molecule has 0 saturated carbocycles. The molecule has 1 aromatic heterocycles. The molecule has 4 nitrogen and oxygen atoms in total. The van der Waals surface area contributed by atoms with Gasteiger partial charge in [0.1, 0.15) is 5.82 Å². The van der Waals surface area contributed by atoms with E-state index in [1.807, 2.05) is 54.7 Å². The number of fused-ring (bicyclic) bond motifs is 1. The maximum absolute atomic E-state index is 13.4. The Morgan fingerprint density at radius 2 is 1.62 bits per heavy atom. The van der Waals surface area contributed by atoms with Gasteiger partial charge in [-0.15, -0.1) is 0 Å². The first kappa shape index (κ1) is 22.7. The molecule has 34 heavy (non-hydrogen) atoms. The highest BCUT2D eigenvalue weighted by Gasteiger charge is 2.35. The fourth-order valence-corrected chi connectivity index (χ4v) is 5.18. The molecule has 2 amide bonds. The first-order chi connectivity index (χ1) is 16.4. The smallest absolute Gasteiger partial charge is 0.293 e. The molecule has 1 aliphatic heterocycles. The van der Waals surface area contributed by atoms with E-state index < -0.39 is 17.0 Å². The lowest BCUT2D eigenvalue weighted by molar-refractivity contribution is -0.123. The zero-order chi connectivity index (χ0) is 23.8. The van der Waals surface area contributed by atoms with E-state index in [1.54, 1.807) is 6.08 Å². The maximum atomic E-state index is 13.4. The molecule has 8 heteroatoms. The molecule has 5 rings (SSSR count). The van der Waals surface area contributed by atoms with Gasteiger partial charge in [-0.3, -0.25) is 14.5 Å². The maximum Gasteiger partial charge on any atom is 0.293 e. The zero-order valence-electron chi connectivity index (χ0n) is 17.7. The summed E-state index contributed by atoms with van der Waals surface area (Å²) in [5.41, 5.74) is 3.30. The van der Waals surface area contributed by atoms with Crippen LogP contribution >= 0.6 is 35.0 Å². The molecule has 0 radical (unpaired) electrons. The Balaban J connectivity index is 1.47. The van der Waals surface area contributed by atoms with E-state index in [2.05, 4.69) is 4.57 Å². The zero-order valence-corrected chi connectivity index (χ0v) is 20.0. The van der Waals surface area contributed by atoms with Crippen molar-refractivity contribution in [3.8, 4) is 0 Å². The molecule has 0 N–H and O–H groups in total. The van der Waals surface area contributed by atoms with Crippen LogP contribution in [0, 0.1) is 5.82 Å². The first-order valence-corrected chi connectivity index (χ1v) is 12.0. The topological polar surface area (TPSA) is 42.3 Å². The van der Waals surface area contributed by atoms with Crippen LogP contribution in [0.3, 0.4) is 0 Å². The molecule has 0 spiro atoms. The molecule has 0 atom stereocenters. The number of benzene rings is 3. The van der Waals surface area contributed by atoms with Crippen molar-refractivity contribution >= 4 is 63.1 Å². The van der Waals surface area contributed by atoms with Crippen molar-refractivity contribution in [2.24, 2.45) is 0 Å². The molecule has 1 fully saturated rings. The number of thioether (sulfide) groups is 1. The van der Waals surface area contributed by atoms with Crippen LogP contribution in [0.5, 0.6) is 0 Å². The Bertz CT molecular complexity index is 1480. The minimum Gasteiger partial charge on any atom is -0.342 e. The number of hydrogen-bond donors (Lipinski definition) is 0. The number of hydrogen-bond acceptors (Lipinski definition) is 3. The number of aromatic nitrogens is 1. The monoisotopic (exact) mass is 510 g/mol. The summed E-state index contributed by atoms with van der Waals surface area (Å²) in [4.78, 5) is 27.1. The molecule has 3 aromatic carbocycles. The summed E-state index contributed by atoms with van der Waals surface area (Å²) in [7, 11) is 0. The Morgan fingerprint density at radius 1 is 0.882 bits per heavy atom. The number of imide groups is 1. The number of halogens is 3. The standard InChI is InChI=1S/C26H17Cl2FN2O2S/c27-21-7-3-1-5-16(21)13-30-14-18(20-6-2-4-8-23(20)30)11-24-25(32)31(26(33)34-24)15-17-9-10-19(29)12-22(17)28/h1-12,14H,13,15H2. The van der Waals surface area contributed by atoms with Gasteiger partial charge in [0.2, 0.25) is 0 Å². The third-order valence-electron chi connectivity index (χ3n) is 5.62. The summed E-state index contributed by atoms with van der Waals surface area (Å²) in [5.74, 6) is -0.880. The number of amides is 2. The molecular formula is C26H17Cl2FN2O2S. The molecule has 0 aliphatic carbocycles. The third kappa shape index (κ3) is 4.37. The Hall–Kier alpha value is -3.06. The number of carbonyl (C=O) groups is 2. The van der Waals surface area contributed by atoms with E-state index in [4.69, 9.17) is 23.2 Å². The Kier molecular flexibility index (Phi) is 6.21. The van der Waals surface area contributed by atoms with E-state index in [-0.39, 0.29) is 11.6 Å². The third-order valence-corrected chi connectivity index (χ3v) is 7.25. The second-order valence-electron chi connectivity index (χ2n) is 7.82. The van der Waals surface area contributed by atoms with Gasteiger partial charge in [0, 0.05) is 39.3 Å². The van der Waals surface area contributed by atoms with Crippen LogP contribution in [0.15, 0.2) is 77.8 Å². The van der Waals surface area contributed by atoms with Crippen molar-refractivity contribution in [1.29, 1.82) is 0 Å². The van der Waals surface area contributed by atoms with Gasteiger partial charge in [-0.1, -0.05) is 65.7 Å². The lowest BCUT2D eigenvalue weighted by atomic mass is 10.1. The van der Waals surface area contributed by atoms with E-state index >= 15 is 0 Å². The van der Waals surface area contributed by atoms with E-state index in [1.165, 1.54) is 18.2 Å². The molecule has 0 bridgehead atoms. The number of carbonyl (C=O) groups excluding carboxylic acids is 2. The van der Waals surface area contributed by atoms with E-state index in [0.29, 0.717) is 22.0 Å². The highest BCUT2D eigenvalue weighted by molar-refractivity contribution is 8.18. The number of para-hydroxylation sites is 1. The molecule has 170 valence electrons. The Morgan fingerprint density at radius 3 is 2.41 bits per heavy atom. The van der Waals surface area contributed by atoms with Gasteiger partial charge in [-0.25, -0.2) is 4.39 Å². The minimum atomic E-state index is -0.476. The van der Waals surface area contributed by atoms with Gasteiger partial charge in [0.25, 0.3) is 11.1 Å². The fourth-order valence-electron chi connectivity index (χ4n) is 3.93. The molecule has 2 heterocycles. The van der Waals surface area contributed by atoms with Gasteiger partial charge in [0.15, 0.2) is 0 Å². The SMILES string of the molecule is O=C1SC(=Cc2cn(Cc3ccccc3Cl)c3ccccc23)C(=O)N1Cc1ccc(F)cc1Cl. The number of rotatable bonds is 5. The minimum absolute atomic E-state index is 0.0185. The molecule has 4 aromatic rings. The van der Waals surface area contributed by atoms with Gasteiger partial charge in [-0.05, 0) is 53.2 Å². The Labute approximate surface area is 209 Å². The largest absolute Gasteiger partial charge is 0.342 e. The second kappa shape index (κ2) is 9.29. The van der Waals surface area contributed by atoms with Crippen molar-refractivity contribution in [3.63, 3.8) is 0 Å². The summed E-state index contributed by atoms with van der Waals surface area (Å²) >= 11 is 13.3. The fraction of sp³-hybridized carbons (Fsp3) is 0.0769. The predicted molar refractivity (Wildman–Crippen MR) is 135 cm³/mol. The van der Waals surface area contributed by atoms with Crippen LogP contribution in [0.4, 0.5) is 9.18 Å². The molecule has 0 unspecified atom stereocenters. The normalized spacial score (nSPS) is 15.1. The predicted octanol–water partition coefficient (Wildman–Crippen LogP) is 7.37. The van der Waals surface area contributed by atoms with Crippen LogP contribution < -0.4 is 0 Å². The van der Waals surface area contributed by atoms with Crippen LogP contribution in [0.1, 0.15) is 16.7 Å². The van der Waals surface area contributed by atoms with Crippen LogP contribution in [0.2, 0.25) is 10.0 Å². The van der Waals surface area contributed by atoms with Crippen molar-refractivity contribution in [3.05, 3.63) is 110 Å². The van der Waals surface area contributed by atoms with Crippen molar-refractivity contribution in [1.82, 2.24) is 9.47 Å². The second-order valence-corrected chi connectivity index (χ2v) is 9.63. The summed E-state index contributed by atoms with van der Waals surface area (Å²) in [6.07, 6.45) is 3.70. The van der Waals surface area contributed by atoms with E-state index in [0.717, 1.165) is 38.7 Å². The summed E-state index contributed by atoms with van der Waals surface area (Å²) in [6, 6.07) is 19.4. The van der Waals surface area contributed by atoms with E-state index in [9.17, 15) is 14.0 Å². The van der Waals surface area contributed by atoms with Crippen LogP contribution in [-0.2, 0) is 17.9 Å². The molecular weight excluding hydrogens is 494 g/mol. The first-order valence-electron chi connectivity index (χ1n) is 10.4.